The van der Waals surface area contributed by atoms with Crippen molar-refractivity contribution in [3.8, 4) is 21.4 Å². The molecule has 0 radical (unpaired) electrons. The maximum Gasteiger partial charge on any atom is 0.357 e. The Bertz CT molecular complexity index is 1110. The van der Waals surface area contributed by atoms with Gasteiger partial charge in [0.2, 0.25) is 0 Å². The predicted octanol–water partition coefficient (Wildman–Crippen LogP) is 6.04. The molecule has 0 spiro atoms. The standard InChI is InChI=1S/C19H13ClN2O3S2/c1-2-24-19(23)14-10-26-18(22-14)16-7-13-15(8-21-9-17(13)27-16)25-12-5-3-11(20)4-6-12/h3-10H,2H2,1H3. The van der Waals surface area contributed by atoms with E-state index < -0.39 is 5.97 Å². The van der Waals surface area contributed by atoms with Gasteiger partial charge in [-0.3, -0.25) is 4.98 Å². The highest BCUT2D eigenvalue weighted by Crippen LogP contribution is 2.39. The third kappa shape index (κ3) is 3.80. The molecule has 136 valence electrons. The average Bonchev–Trinajstić information content (AvgIpc) is 3.31. The summed E-state index contributed by atoms with van der Waals surface area (Å²) in [4.78, 5) is 21.4. The van der Waals surface area contributed by atoms with Crippen LogP contribution in [-0.4, -0.2) is 22.5 Å². The number of aromatic nitrogens is 2. The molecule has 0 aliphatic heterocycles. The van der Waals surface area contributed by atoms with Crippen LogP contribution in [-0.2, 0) is 4.74 Å². The Balaban J connectivity index is 1.66. The fraction of sp³-hybridized carbons (Fsp3) is 0.105. The number of carbonyl (C=O) groups is 1. The Kier molecular flexibility index (Phi) is 5.07. The minimum absolute atomic E-state index is 0.324. The molecule has 0 N–H and O–H groups in total. The SMILES string of the molecule is CCOC(=O)c1csc(-c2cc3c(Oc4ccc(Cl)cc4)cncc3s2)n1. The summed E-state index contributed by atoms with van der Waals surface area (Å²) < 4.78 is 11.9. The first-order valence-corrected chi connectivity index (χ1v) is 10.2. The molecule has 0 unspecified atom stereocenters. The number of carbonyl (C=O) groups excluding carboxylic acids is 1. The number of hydrogen-bond acceptors (Lipinski definition) is 7. The number of halogens is 1. The molecule has 3 aromatic heterocycles. The average molecular weight is 417 g/mol. The van der Waals surface area contributed by atoms with Gasteiger partial charge in [0.1, 0.15) is 10.8 Å². The van der Waals surface area contributed by atoms with Gasteiger partial charge in [-0.1, -0.05) is 11.6 Å². The van der Waals surface area contributed by atoms with Crippen molar-refractivity contribution in [1.82, 2.24) is 9.97 Å². The lowest BCUT2D eigenvalue weighted by molar-refractivity contribution is 0.0520. The third-order valence-electron chi connectivity index (χ3n) is 3.65. The fourth-order valence-electron chi connectivity index (χ4n) is 2.44. The molecule has 0 amide bonds. The van der Waals surface area contributed by atoms with Crippen molar-refractivity contribution in [2.45, 2.75) is 6.92 Å². The molecule has 0 saturated carbocycles. The number of thiophene rings is 1. The van der Waals surface area contributed by atoms with Crippen LogP contribution in [0.5, 0.6) is 11.5 Å². The molecular weight excluding hydrogens is 404 g/mol. The van der Waals surface area contributed by atoms with E-state index >= 15 is 0 Å². The van der Waals surface area contributed by atoms with Gasteiger partial charge in [0.25, 0.3) is 0 Å². The highest BCUT2D eigenvalue weighted by molar-refractivity contribution is 7.25. The Morgan fingerprint density at radius 2 is 2.04 bits per heavy atom. The van der Waals surface area contributed by atoms with Crippen LogP contribution in [0, 0.1) is 0 Å². The van der Waals surface area contributed by atoms with Gasteiger partial charge in [-0.25, -0.2) is 9.78 Å². The minimum atomic E-state index is -0.408. The third-order valence-corrected chi connectivity index (χ3v) is 5.98. The molecule has 0 aliphatic carbocycles. The van der Waals surface area contributed by atoms with E-state index in [-0.39, 0.29) is 0 Å². The topological polar surface area (TPSA) is 61.3 Å². The molecule has 0 saturated heterocycles. The molecule has 0 atom stereocenters. The largest absolute Gasteiger partial charge is 0.461 e. The number of rotatable bonds is 5. The first-order valence-electron chi connectivity index (χ1n) is 8.08. The Hall–Kier alpha value is -2.48. The second-order valence-electron chi connectivity index (χ2n) is 5.47. The van der Waals surface area contributed by atoms with Crippen LogP contribution in [0.15, 0.2) is 48.1 Å². The summed E-state index contributed by atoms with van der Waals surface area (Å²) in [6, 6.07) is 9.16. The lowest BCUT2D eigenvalue weighted by Crippen LogP contribution is -2.04. The zero-order valence-electron chi connectivity index (χ0n) is 14.1. The van der Waals surface area contributed by atoms with Gasteiger partial charge in [-0.2, -0.15) is 0 Å². The molecule has 8 heteroatoms. The Morgan fingerprint density at radius 3 is 2.81 bits per heavy atom. The monoisotopic (exact) mass is 416 g/mol. The van der Waals surface area contributed by atoms with Gasteiger partial charge >= 0.3 is 5.97 Å². The van der Waals surface area contributed by atoms with E-state index in [1.54, 1.807) is 60.3 Å². The summed E-state index contributed by atoms with van der Waals surface area (Å²) in [5, 5.41) is 4.06. The van der Waals surface area contributed by atoms with Crippen molar-refractivity contribution < 1.29 is 14.3 Å². The molecule has 1 aromatic carbocycles. The fourth-order valence-corrected chi connectivity index (χ4v) is 4.46. The van der Waals surface area contributed by atoms with E-state index in [1.165, 1.54) is 11.3 Å². The predicted molar refractivity (Wildman–Crippen MR) is 108 cm³/mol. The molecule has 0 fully saturated rings. The maximum absolute atomic E-state index is 11.8. The number of thiazole rings is 1. The number of ether oxygens (including phenoxy) is 2. The lowest BCUT2D eigenvalue weighted by atomic mass is 10.3. The van der Waals surface area contributed by atoms with Crippen molar-refractivity contribution in [3.63, 3.8) is 0 Å². The quantitative estimate of drug-likeness (QED) is 0.371. The van der Waals surface area contributed by atoms with E-state index in [2.05, 4.69) is 9.97 Å². The summed E-state index contributed by atoms with van der Waals surface area (Å²) >= 11 is 8.87. The summed E-state index contributed by atoms with van der Waals surface area (Å²) in [5.41, 5.74) is 0.324. The van der Waals surface area contributed by atoms with E-state index in [0.29, 0.717) is 28.8 Å². The Morgan fingerprint density at radius 1 is 1.22 bits per heavy atom. The van der Waals surface area contributed by atoms with Gasteiger partial charge in [0.05, 0.1) is 22.4 Å². The molecule has 4 aromatic rings. The Labute approximate surface area is 168 Å². The van der Waals surface area contributed by atoms with Gasteiger partial charge in [0, 0.05) is 22.0 Å². The molecule has 27 heavy (non-hydrogen) atoms. The van der Waals surface area contributed by atoms with E-state index in [1.807, 2.05) is 6.07 Å². The number of nitrogens with zero attached hydrogens (tertiary/aromatic N) is 2. The summed E-state index contributed by atoms with van der Waals surface area (Å²) in [6.07, 6.45) is 3.47. The van der Waals surface area contributed by atoms with Gasteiger partial charge in [0.15, 0.2) is 11.4 Å². The van der Waals surface area contributed by atoms with Gasteiger partial charge < -0.3 is 9.47 Å². The number of benzene rings is 1. The summed E-state index contributed by atoms with van der Waals surface area (Å²) in [5.74, 6) is 0.925. The van der Waals surface area contributed by atoms with Crippen LogP contribution in [0.4, 0.5) is 0 Å². The second kappa shape index (κ2) is 7.64. The van der Waals surface area contributed by atoms with Crippen LogP contribution in [0.25, 0.3) is 20.0 Å². The van der Waals surface area contributed by atoms with E-state index in [9.17, 15) is 4.79 Å². The van der Waals surface area contributed by atoms with Crippen LogP contribution < -0.4 is 4.74 Å². The minimum Gasteiger partial charge on any atom is -0.461 e. The number of fused-ring (bicyclic) bond motifs is 1. The number of esters is 1. The highest BCUT2D eigenvalue weighted by Gasteiger charge is 2.16. The van der Waals surface area contributed by atoms with Crippen molar-refractivity contribution >= 4 is 50.3 Å². The van der Waals surface area contributed by atoms with Crippen molar-refractivity contribution in [2.75, 3.05) is 6.61 Å². The first kappa shape index (κ1) is 17.9. The normalized spacial score (nSPS) is 10.9. The lowest BCUT2D eigenvalue weighted by Gasteiger charge is -2.06. The molecular formula is C19H13ClN2O3S2. The zero-order chi connectivity index (χ0) is 18.8. The van der Waals surface area contributed by atoms with E-state index in [4.69, 9.17) is 21.1 Å². The highest BCUT2D eigenvalue weighted by atomic mass is 35.5. The maximum atomic E-state index is 11.8. The molecule has 4 rings (SSSR count). The van der Waals surface area contributed by atoms with Crippen molar-refractivity contribution in [1.29, 1.82) is 0 Å². The van der Waals surface area contributed by atoms with Crippen LogP contribution in [0.3, 0.4) is 0 Å². The number of hydrogen-bond donors (Lipinski definition) is 0. The smallest absolute Gasteiger partial charge is 0.357 e. The van der Waals surface area contributed by atoms with E-state index in [0.717, 1.165) is 20.0 Å². The van der Waals surface area contributed by atoms with Crippen molar-refractivity contribution in [3.05, 3.63) is 58.8 Å². The number of pyridine rings is 1. The van der Waals surface area contributed by atoms with Crippen LogP contribution >= 0.6 is 34.3 Å². The van der Waals surface area contributed by atoms with Gasteiger partial charge in [-0.15, -0.1) is 22.7 Å². The van der Waals surface area contributed by atoms with Crippen LogP contribution in [0.2, 0.25) is 5.02 Å². The van der Waals surface area contributed by atoms with Crippen LogP contribution in [0.1, 0.15) is 17.4 Å². The first-order chi connectivity index (χ1) is 13.1. The zero-order valence-corrected chi connectivity index (χ0v) is 16.5. The summed E-state index contributed by atoms with van der Waals surface area (Å²) in [7, 11) is 0. The van der Waals surface area contributed by atoms with Gasteiger partial charge in [-0.05, 0) is 37.3 Å². The summed E-state index contributed by atoms with van der Waals surface area (Å²) in [6.45, 7) is 2.10. The molecule has 5 nitrogen and oxygen atoms in total. The second-order valence-corrected chi connectivity index (χ2v) is 7.85. The van der Waals surface area contributed by atoms with Crippen molar-refractivity contribution in [2.24, 2.45) is 0 Å². The molecule has 3 heterocycles. The molecule has 0 bridgehead atoms. The molecule has 0 aliphatic rings.